The summed E-state index contributed by atoms with van der Waals surface area (Å²) in [7, 11) is 1.45. The van der Waals surface area contributed by atoms with E-state index in [1.807, 2.05) is 0 Å². The van der Waals surface area contributed by atoms with Gasteiger partial charge in [-0.1, -0.05) is 71.1 Å². The molecule has 0 radical (unpaired) electrons. The number of esters is 1. The average Bonchev–Trinajstić information content (AvgIpc) is 2.49. The number of hydrogen-bond donors (Lipinski definition) is 0. The van der Waals surface area contributed by atoms with Gasteiger partial charge < -0.3 is 4.74 Å². The largest absolute Gasteiger partial charge is 0.469 e. The van der Waals surface area contributed by atoms with Crippen LogP contribution in [-0.4, -0.2) is 18.5 Å². The Morgan fingerprint density at radius 3 is 1.86 bits per heavy atom. The van der Waals surface area contributed by atoms with Crippen molar-refractivity contribution in [3.05, 3.63) is 0 Å². The lowest BCUT2D eigenvalue weighted by Crippen LogP contribution is -1.99. The summed E-state index contributed by atoms with van der Waals surface area (Å²) in [6, 6.07) is 0. The van der Waals surface area contributed by atoms with Crippen LogP contribution in [0.2, 0.25) is 0 Å². The van der Waals surface area contributed by atoms with Crippen molar-refractivity contribution in [2.75, 3.05) is 7.11 Å². The fourth-order valence-corrected chi connectivity index (χ4v) is 2.87. The summed E-state index contributed by atoms with van der Waals surface area (Å²) in [6.45, 7) is 2.25. The number of carbonyl (C=O) groups excluding carboxylic acids is 1. The van der Waals surface area contributed by atoms with Gasteiger partial charge in [0.15, 0.2) is 0 Å². The minimum absolute atomic E-state index is 0.0843. The Balaban J connectivity index is 3.17. The molecule has 126 valence electrons. The van der Waals surface area contributed by atoms with Crippen molar-refractivity contribution in [1.82, 2.24) is 0 Å². The number of ether oxygens (including phenoxy) is 1. The number of methoxy groups -OCH3 is 1. The van der Waals surface area contributed by atoms with Gasteiger partial charge in [-0.05, 0) is 19.3 Å². The maximum absolute atomic E-state index is 10.9. The Kier molecular flexibility index (Phi) is 16.0. The maximum atomic E-state index is 10.9. The molecule has 0 saturated carbocycles. The van der Waals surface area contributed by atoms with E-state index in [1.54, 1.807) is 0 Å². The number of hydrogen-bond acceptors (Lipinski definition) is 2. The zero-order chi connectivity index (χ0) is 15.8. The smallest absolute Gasteiger partial charge is 0.305 e. The monoisotopic (exact) mass is 318 g/mol. The van der Waals surface area contributed by atoms with Crippen molar-refractivity contribution in [2.24, 2.45) is 0 Å². The van der Waals surface area contributed by atoms with Crippen LogP contribution >= 0.6 is 11.6 Å². The summed E-state index contributed by atoms with van der Waals surface area (Å²) in [5.74, 6) is -0.0843. The molecule has 0 N–H and O–H groups in total. The Morgan fingerprint density at radius 2 is 1.33 bits per heavy atom. The van der Waals surface area contributed by atoms with Crippen molar-refractivity contribution >= 4 is 17.6 Å². The number of unbranched alkanes of at least 4 members (excludes halogenated alkanes) is 9. The summed E-state index contributed by atoms with van der Waals surface area (Å²) in [5.41, 5.74) is 0. The van der Waals surface area contributed by atoms with Crippen LogP contribution in [0.15, 0.2) is 0 Å². The van der Waals surface area contributed by atoms with Crippen molar-refractivity contribution in [1.29, 1.82) is 0 Å². The highest BCUT2D eigenvalue weighted by molar-refractivity contribution is 6.20. The van der Waals surface area contributed by atoms with Crippen LogP contribution < -0.4 is 0 Å². The van der Waals surface area contributed by atoms with E-state index < -0.39 is 0 Å². The van der Waals surface area contributed by atoms with Crippen molar-refractivity contribution in [3.8, 4) is 0 Å². The highest BCUT2D eigenvalue weighted by Gasteiger charge is 2.04. The fraction of sp³-hybridized carbons (Fsp3) is 0.944. The van der Waals surface area contributed by atoms with Crippen molar-refractivity contribution in [3.63, 3.8) is 0 Å². The molecule has 0 spiro atoms. The van der Waals surface area contributed by atoms with Crippen LogP contribution in [0.3, 0.4) is 0 Å². The van der Waals surface area contributed by atoms with Gasteiger partial charge in [0.1, 0.15) is 0 Å². The van der Waals surface area contributed by atoms with Gasteiger partial charge in [0.2, 0.25) is 0 Å². The van der Waals surface area contributed by atoms with Crippen LogP contribution in [0.25, 0.3) is 0 Å². The molecule has 2 nitrogen and oxygen atoms in total. The lowest BCUT2D eigenvalue weighted by atomic mass is 10.0. The summed E-state index contributed by atoms with van der Waals surface area (Å²) in [4.78, 5) is 10.9. The Bertz CT molecular complexity index is 231. The van der Waals surface area contributed by atoms with Crippen LogP contribution in [0, 0.1) is 0 Å². The molecule has 0 rings (SSSR count). The molecule has 0 aromatic carbocycles. The van der Waals surface area contributed by atoms with E-state index in [9.17, 15) is 4.79 Å². The second-order valence-electron chi connectivity index (χ2n) is 6.04. The highest BCUT2D eigenvalue weighted by atomic mass is 35.5. The third kappa shape index (κ3) is 16.0. The first-order valence-corrected chi connectivity index (χ1v) is 9.35. The molecule has 0 aliphatic heterocycles. The lowest BCUT2D eigenvalue weighted by Gasteiger charge is -2.09. The molecular weight excluding hydrogens is 284 g/mol. The van der Waals surface area contributed by atoms with E-state index in [1.165, 1.54) is 71.3 Å². The Labute approximate surface area is 137 Å². The van der Waals surface area contributed by atoms with Crippen LogP contribution in [0.4, 0.5) is 0 Å². The second kappa shape index (κ2) is 16.1. The van der Waals surface area contributed by atoms with Gasteiger partial charge in [-0.15, -0.1) is 11.6 Å². The van der Waals surface area contributed by atoms with E-state index in [4.69, 9.17) is 11.6 Å². The molecule has 0 aromatic rings. The molecule has 1 atom stereocenters. The molecule has 3 heteroatoms. The molecular formula is C18H35ClO2. The van der Waals surface area contributed by atoms with E-state index >= 15 is 0 Å². The lowest BCUT2D eigenvalue weighted by molar-refractivity contribution is -0.140. The fourth-order valence-electron chi connectivity index (χ4n) is 2.56. The first kappa shape index (κ1) is 20.8. The third-order valence-corrected chi connectivity index (χ3v) is 4.43. The van der Waals surface area contributed by atoms with Crippen molar-refractivity contribution < 1.29 is 9.53 Å². The molecule has 0 aliphatic rings. The summed E-state index contributed by atoms with van der Waals surface area (Å²) in [5, 5.41) is 0.381. The summed E-state index contributed by atoms with van der Waals surface area (Å²) in [6.07, 6.45) is 16.7. The number of carbonyl (C=O) groups is 1. The number of rotatable bonds is 15. The van der Waals surface area contributed by atoms with Crippen molar-refractivity contribution in [2.45, 2.75) is 102 Å². The number of halogens is 1. The SMILES string of the molecule is CCCCCCCC(Cl)CCCCCCCCC(=O)OC. The predicted molar refractivity (Wildman–Crippen MR) is 92.0 cm³/mol. The van der Waals surface area contributed by atoms with E-state index in [0.717, 1.165) is 19.3 Å². The standard InChI is InChI=1S/C18H35ClO2/c1-3-4-5-8-11-14-17(19)15-12-9-6-7-10-13-16-18(20)21-2/h17H,3-16H2,1-2H3. The van der Waals surface area contributed by atoms with Gasteiger partial charge in [-0.3, -0.25) is 4.79 Å². The van der Waals surface area contributed by atoms with Gasteiger partial charge in [-0.2, -0.15) is 0 Å². The summed E-state index contributed by atoms with van der Waals surface area (Å²) >= 11 is 6.36. The molecule has 0 bridgehead atoms. The average molecular weight is 319 g/mol. The van der Waals surface area contributed by atoms with E-state index in [2.05, 4.69) is 11.7 Å². The molecule has 0 heterocycles. The highest BCUT2D eigenvalue weighted by Crippen LogP contribution is 2.18. The molecule has 0 aromatic heterocycles. The molecule has 0 aliphatic carbocycles. The maximum Gasteiger partial charge on any atom is 0.305 e. The quantitative estimate of drug-likeness (QED) is 0.203. The van der Waals surface area contributed by atoms with Gasteiger partial charge in [0.05, 0.1) is 7.11 Å². The van der Waals surface area contributed by atoms with E-state index in [-0.39, 0.29) is 5.97 Å². The molecule has 1 unspecified atom stereocenters. The molecule has 21 heavy (non-hydrogen) atoms. The van der Waals surface area contributed by atoms with Gasteiger partial charge in [-0.25, -0.2) is 0 Å². The molecule has 0 saturated heterocycles. The van der Waals surface area contributed by atoms with Crippen LogP contribution in [-0.2, 0) is 9.53 Å². The topological polar surface area (TPSA) is 26.3 Å². The Hall–Kier alpha value is -0.240. The Morgan fingerprint density at radius 1 is 0.857 bits per heavy atom. The van der Waals surface area contributed by atoms with Crippen LogP contribution in [0.5, 0.6) is 0 Å². The first-order valence-electron chi connectivity index (χ1n) is 8.91. The van der Waals surface area contributed by atoms with Gasteiger partial charge in [0, 0.05) is 11.8 Å². The molecule has 0 fully saturated rings. The normalized spacial score (nSPS) is 12.3. The predicted octanol–water partition coefficient (Wildman–Crippen LogP) is 6.25. The minimum atomic E-state index is -0.0843. The van der Waals surface area contributed by atoms with E-state index in [0.29, 0.717) is 11.8 Å². The van der Waals surface area contributed by atoms with Gasteiger partial charge in [0.25, 0.3) is 0 Å². The first-order chi connectivity index (χ1) is 10.2. The zero-order valence-corrected chi connectivity index (χ0v) is 14.9. The second-order valence-corrected chi connectivity index (χ2v) is 6.65. The summed E-state index contributed by atoms with van der Waals surface area (Å²) < 4.78 is 4.62. The third-order valence-electron chi connectivity index (χ3n) is 4.00. The van der Waals surface area contributed by atoms with Gasteiger partial charge >= 0.3 is 5.97 Å². The number of alkyl halides is 1. The molecule has 0 amide bonds. The zero-order valence-electron chi connectivity index (χ0n) is 14.2. The van der Waals surface area contributed by atoms with Crippen LogP contribution in [0.1, 0.15) is 96.8 Å². The minimum Gasteiger partial charge on any atom is -0.469 e.